The molecule has 0 aliphatic carbocycles. The largest absolute Gasteiger partial charge is 0.368 e. The molecule has 0 atom stereocenters. The van der Waals surface area contributed by atoms with Crippen LogP contribution in [0.5, 0.6) is 0 Å². The molecule has 0 radical (unpaired) electrons. The summed E-state index contributed by atoms with van der Waals surface area (Å²) in [6.07, 6.45) is 3.58. The van der Waals surface area contributed by atoms with Crippen molar-refractivity contribution >= 4 is 5.69 Å². The van der Waals surface area contributed by atoms with Crippen molar-refractivity contribution < 1.29 is 0 Å². The lowest BCUT2D eigenvalue weighted by molar-refractivity contribution is 0.498. The van der Waals surface area contributed by atoms with Gasteiger partial charge in [-0.2, -0.15) is 0 Å². The van der Waals surface area contributed by atoms with Crippen molar-refractivity contribution in [1.29, 1.82) is 0 Å². The molecule has 1 heterocycles. The zero-order valence-corrected chi connectivity index (χ0v) is 8.49. The highest BCUT2D eigenvalue weighted by Gasteiger charge is 2.21. The van der Waals surface area contributed by atoms with E-state index in [4.69, 9.17) is 5.73 Å². The monoisotopic (exact) mass is 179 g/mol. The van der Waals surface area contributed by atoms with Crippen LogP contribution in [0, 0.1) is 0 Å². The molecule has 0 bridgehead atoms. The molecule has 0 saturated heterocycles. The normalized spacial score (nSPS) is 11.4. The minimum atomic E-state index is -0.0125. The van der Waals surface area contributed by atoms with Crippen LogP contribution in [0.4, 0.5) is 5.69 Å². The summed E-state index contributed by atoms with van der Waals surface area (Å²) in [7, 11) is 2.04. The van der Waals surface area contributed by atoms with E-state index in [1.165, 1.54) is 0 Å². The Kier molecular flexibility index (Phi) is 2.88. The van der Waals surface area contributed by atoms with Crippen molar-refractivity contribution in [2.75, 3.05) is 18.5 Å². The quantitative estimate of drug-likeness (QED) is 0.759. The number of anilines is 1. The van der Waals surface area contributed by atoms with Crippen LogP contribution in [0.25, 0.3) is 0 Å². The van der Waals surface area contributed by atoms with Gasteiger partial charge in [-0.3, -0.25) is 4.98 Å². The Morgan fingerprint density at radius 1 is 1.38 bits per heavy atom. The second kappa shape index (κ2) is 3.75. The molecular formula is C10H17N3. The van der Waals surface area contributed by atoms with E-state index in [9.17, 15) is 0 Å². The van der Waals surface area contributed by atoms with Crippen LogP contribution < -0.4 is 10.6 Å². The van der Waals surface area contributed by atoms with E-state index in [-0.39, 0.29) is 5.54 Å². The fourth-order valence-electron chi connectivity index (χ4n) is 1.05. The van der Waals surface area contributed by atoms with E-state index >= 15 is 0 Å². The standard InChI is InChI=1S/C10H17N3/c1-10(2,8-11)13(3)9-4-6-12-7-5-9/h4-7H,8,11H2,1-3H3. The van der Waals surface area contributed by atoms with Gasteiger partial charge >= 0.3 is 0 Å². The molecule has 0 fully saturated rings. The van der Waals surface area contributed by atoms with Gasteiger partial charge in [-0.25, -0.2) is 0 Å². The summed E-state index contributed by atoms with van der Waals surface area (Å²) in [6, 6.07) is 3.97. The smallest absolute Gasteiger partial charge is 0.0464 e. The molecule has 2 N–H and O–H groups in total. The van der Waals surface area contributed by atoms with E-state index in [2.05, 4.69) is 23.7 Å². The molecule has 0 amide bonds. The van der Waals surface area contributed by atoms with Crippen LogP contribution in [0.1, 0.15) is 13.8 Å². The van der Waals surface area contributed by atoms with Gasteiger partial charge < -0.3 is 10.6 Å². The Hall–Kier alpha value is -1.09. The third kappa shape index (κ3) is 2.18. The predicted molar refractivity (Wildman–Crippen MR) is 55.8 cm³/mol. The molecule has 1 aromatic rings. The van der Waals surface area contributed by atoms with Gasteiger partial charge in [-0.05, 0) is 26.0 Å². The Labute approximate surface area is 79.6 Å². The number of nitrogens with zero attached hydrogens (tertiary/aromatic N) is 2. The van der Waals surface area contributed by atoms with Crippen LogP contribution in [0.15, 0.2) is 24.5 Å². The van der Waals surface area contributed by atoms with Crippen LogP contribution in [-0.2, 0) is 0 Å². The average molecular weight is 179 g/mol. The molecule has 0 saturated carbocycles. The van der Waals surface area contributed by atoms with Gasteiger partial charge in [0.1, 0.15) is 0 Å². The van der Waals surface area contributed by atoms with Crippen molar-refractivity contribution in [2.45, 2.75) is 19.4 Å². The van der Waals surface area contributed by atoms with Gasteiger partial charge in [0.05, 0.1) is 0 Å². The van der Waals surface area contributed by atoms with Gasteiger partial charge in [0.2, 0.25) is 0 Å². The van der Waals surface area contributed by atoms with E-state index in [0.717, 1.165) is 5.69 Å². The molecule has 1 aromatic heterocycles. The lowest BCUT2D eigenvalue weighted by Gasteiger charge is -2.36. The van der Waals surface area contributed by atoms with Crippen molar-refractivity contribution in [3.05, 3.63) is 24.5 Å². The van der Waals surface area contributed by atoms with Crippen LogP contribution in [0.2, 0.25) is 0 Å². The maximum atomic E-state index is 5.69. The van der Waals surface area contributed by atoms with Crippen molar-refractivity contribution in [3.63, 3.8) is 0 Å². The Bertz CT molecular complexity index is 256. The first-order chi connectivity index (χ1) is 6.08. The highest BCUT2D eigenvalue weighted by molar-refractivity contribution is 5.46. The molecule has 0 unspecified atom stereocenters. The topological polar surface area (TPSA) is 42.2 Å². The molecular weight excluding hydrogens is 162 g/mol. The zero-order valence-electron chi connectivity index (χ0n) is 8.49. The first-order valence-corrected chi connectivity index (χ1v) is 4.42. The van der Waals surface area contributed by atoms with Crippen molar-refractivity contribution in [3.8, 4) is 0 Å². The minimum absolute atomic E-state index is 0.0125. The second-order valence-electron chi connectivity index (χ2n) is 3.78. The summed E-state index contributed by atoms with van der Waals surface area (Å²) >= 11 is 0. The molecule has 3 nitrogen and oxygen atoms in total. The lowest BCUT2D eigenvalue weighted by atomic mass is 10.0. The lowest BCUT2D eigenvalue weighted by Crippen LogP contribution is -2.47. The molecule has 3 heteroatoms. The highest BCUT2D eigenvalue weighted by atomic mass is 15.2. The summed E-state index contributed by atoms with van der Waals surface area (Å²) in [5, 5.41) is 0. The third-order valence-corrected chi connectivity index (χ3v) is 2.46. The summed E-state index contributed by atoms with van der Waals surface area (Å²) in [6.45, 7) is 4.87. The molecule has 0 aromatic carbocycles. The minimum Gasteiger partial charge on any atom is -0.368 e. The van der Waals surface area contributed by atoms with Crippen LogP contribution in [-0.4, -0.2) is 24.1 Å². The van der Waals surface area contributed by atoms with Gasteiger partial charge in [0.15, 0.2) is 0 Å². The fourth-order valence-corrected chi connectivity index (χ4v) is 1.05. The van der Waals surface area contributed by atoms with E-state index in [1.54, 1.807) is 12.4 Å². The number of pyridine rings is 1. The van der Waals surface area contributed by atoms with E-state index in [0.29, 0.717) is 6.54 Å². The number of nitrogens with two attached hydrogens (primary N) is 1. The maximum absolute atomic E-state index is 5.69. The fraction of sp³-hybridized carbons (Fsp3) is 0.500. The van der Waals surface area contributed by atoms with Crippen LogP contribution in [0.3, 0.4) is 0 Å². The van der Waals surface area contributed by atoms with Gasteiger partial charge in [0, 0.05) is 37.2 Å². The Morgan fingerprint density at radius 2 is 1.92 bits per heavy atom. The summed E-state index contributed by atoms with van der Waals surface area (Å²) < 4.78 is 0. The molecule has 72 valence electrons. The Morgan fingerprint density at radius 3 is 2.38 bits per heavy atom. The summed E-state index contributed by atoms with van der Waals surface area (Å²) in [4.78, 5) is 6.14. The van der Waals surface area contributed by atoms with Crippen LogP contribution >= 0.6 is 0 Å². The number of hydrogen-bond acceptors (Lipinski definition) is 3. The number of rotatable bonds is 3. The third-order valence-electron chi connectivity index (χ3n) is 2.46. The van der Waals surface area contributed by atoms with Crippen molar-refractivity contribution in [1.82, 2.24) is 4.98 Å². The molecule has 0 aliphatic heterocycles. The number of aromatic nitrogens is 1. The first-order valence-electron chi connectivity index (χ1n) is 4.42. The number of hydrogen-bond donors (Lipinski definition) is 1. The molecule has 13 heavy (non-hydrogen) atoms. The van der Waals surface area contributed by atoms with Gasteiger partial charge in [-0.15, -0.1) is 0 Å². The predicted octanol–water partition coefficient (Wildman–Crippen LogP) is 1.26. The molecule has 0 spiro atoms. The summed E-state index contributed by atoms with van der Waals surface area (Å²) in [5.74, 6) is 0. The first kappa shape index (κ1) is 9.99. The highest BCUT2D eigenvalue weighted by Crippen LogP contribution is 2.19. The second-order valence-corrected chi connectivity index (χ2v) is 3.78. The molecule has 0 aliphatic rings. The number of likely N-dealkylation sites (N-methyl/N-ethyl adjacent to an activating group) is 1. The van der Waals surface area contributed by atoms with Gasteiger partial charge in [0.25, 0.3) is 0 Å². The van der Waals surface area contributed by atoms with Gasteiger partial charge in [-0.1, -0.05) is 0 Å². The zero-order chi connectivity index (χ0) is 9.90. The molecule has 1 rings (SSSR count). The SMILES string of the molecule is CN(c1ccncc1)C(C)(C)CN. The van der Waals surface area contributed by atoms with Crippen molar-refractivity contribution in [2.24, 2.45) is 5.73 Å². The maximum Gasteiger partial charge on any atom is 0.0464 e. The van der Waals surface area contributed by atoms with E-state index in [1.807, 2.05) is 19.2 Å². The summed E-state index contributed by atoms with van der Waals surface area (Å²) in [5.41, 5.74) is 6.82. The average Bonchev–Trinajstić information content (AvgIpc) is 2.18. The van der Waals surface area contributed by atoms with E-state index < -0.39 is 0 Å². The Balaban J connectivity index is 2.85.